The quantitative estimate of drug-likeness (QED) is 0.835. The van der Waals surface area contributed by atoms with Gasteiger partial charge in [0.15, 0.2) is 0 Å². The first-order valence-corrected chi connectivity index (χ1v) is 8.23. The summed E-state index contributed by atoms with van der Waals surface area (Å²) in [7, 11) is -2.23. The highest BCUT2D eigenvalue weighted by Crippen LogP contribution is 2.30. The minimum Gasteiger partial charge on any atom is -0.397 e. The van der Waals surface area contributed by atoms with Crippen molar-refractivity contribution < 1.29 is 8.42 Å². The van der Waals surface area contributed by atoms with Gasteiger partial charge < -0.3 is 5.73 Å². The summed E-state index contributed by atoms with van der Waals surface area (Å²) in [5.74, 6) is 0. The smallest absolute Gasteiger partial charge is 0.264 e. The van der Waals surface area contributed by atoms with E-state index in [1.165, 1.54) is 25.2 Å². The van der Waals surface area contributed by atoms with Gasteiger partial charge in [-0.25, -0.2) is 8.42 Å². The summed E-state index contributed by atoms with van der Waals surface area (Å²) in [5.41, 5.74) is 6.51. The minimum absolute atomic E-state index is 0.183. The van der Waals surface area contributed by atoms with Gasteiger partial charge in [0.05, 0.1) is 16.3 Å². The average molecular weight is 376 g/mol. The predicted octanol–water partition coefficient (Wildman–Crippen LogP) is 3.51. The second-order valence-corrected chi connectivity index (χ2v) is 7.45. The molecule has 2 rings (SSSR count). The van der Waals surface area contributed by atoms with Crippen LogP contribution < -0.4 is 10.0 Å². The molecule has 0 heterocycles. The zero-order chi connectivity index (χ0) is 14.9. The number of sulfonamides is 1. The van der Waals surface area contributed by atoms with E-state index in [1.807, 2.05) is 0 Å². The van der Waals surface area contributed by atoms with E-state index in [9.17, 15) is 8.42 Å². The first kappa shape index (κ1) is 15.2. The minimum atomic E-state index is -3.67. The van der Waals surface area contributed by atoms with Crippen molar-refractivity contribution in [2.24, 2.45) is 0 Å². The van der Waals surface area contributed by atoms with Gasteiger partial charge in [0, 0.05) is 16.5 Å². The van der Waals surface area contributed by atoms with E-state index in [0.717, 1.165) is 8.78 Å². The monoisotopic (exact) mass is 374 g/mol. The molecule has 0 bridgehead atoms. The van der Waals surface area contributed by atoms with Gasteiger partial charge in [-0.1, -0.05) is 27.5 Å². The number of hydrogen-bond acceptors (Lipinski definition) is 3. The van der Waals surface area contributed by atoms with Crippen LogP contribution in [0.25, 0.3) is 0 Å². The summed E-state index contributed by atoms with van der Waals surface area (Å²) in [6.07, 6.45) is 0. The molecule has 0 amide bonds. The average Bonchev–Trinajstić information content (AvgIpc) is 2.41. The van der Waals surface area contributed by atoms with E-state index in [4.69, 9.17) is 17.3 Å². The lowest BCUT2D eigenvalue weighted by Crippen LogP contribution is -2.27. The third-order valence-electron chi connectivity index (χ3n) is 2.80. The SMILES string of the molecule is CN(c1cc(Cl)ccc1N)S(=O)(=O)c1ccc(Br)cc1. The Labute approximate surface area is 131 Å². The number of rotatable bonds is 3. The molecule has 0 unspecified atom stereocenters. The van der Waals surface area contributed by atoms with Gasteiger partial charge in [-0.2, -0.15) is 0 Å². The van der Waals surface area contributed by atoms with Crippen molar-refractivity contribution in [3.63, 3.8) is 0 Å². The molecule has 0 aliphatic heterocycles. The molecule has 0 aromatic heterocycles. The number of anilines is 2. The topological polar surface area (TPSA) is 63.4 Å². The second kappa shape index (κ2) is 5.63. The lowest BCUT2D eigenvalue weighted by Gasteiger charge is -2.21. The molecule has 0 radical (unpaired) electrons. The lowest BCUT2D eigenvalue weighted by atomic mass is 10.3. The number of nitrogens with two attached hydrogens (primary N) is 1. The highest BCUT2D eigenvalue weighted by atomic mass is 79.9. The summed E-state index contributed by atoms with van der Waals surface area (Å²) in [5, 5.41) is 0.423. The maximum Gasteiger partial charge on any atom is 0.264 e. The van der Waals surface area contributed by atoms with Gasteiger partial charge in [-0.15, -0.1) is 0 Å². The van der Waals surface area contributed by atoms with Crippen LogP contribution in [0.2, 0.25) is 5.02 Å². The molecule has 0 fully saturated rings. The van der Waals surface area contributed by atoms with Crippen LogP contribution in [0.3, 0.4) is 0 Å². The number of nitrogens with zero attached hydrogens (tertiary/aromatic N) is 1. The predicted molar refractivity (Wildman–Crippen MR) is 85.6 cm³/mol. The normalized spacial score (nSPS) is 11.3. The van der Waals surface area contributed by atoms with Crippen LogP contribution in [-0.4, -0.2) is 15.5 Å². The molecule has 0 spiro atoms. The molecule has 2 N–H and O–H groups in total. The Morgan fingerprint density at radius 2 is 1.75 bits per heavy atom. The molecule has 20 heavy (non-hydrogen) atoms. The number of halogens is 2. The fourth-order valence-corrected chi connectivity index (χ4v) is 3.33. The van der Waals surface area contributed by atoms with Gasteiger partial charge in [0.1, 0.15) is 0 Å². The van der Waals surface area contributed by atoms with Crippen molar-refractivity contribution in [2.75, 3.05) is 17.1 Å². The van der Waals surface area contributed by atoms with Gasteiger partial charge >= 0.3 is 0 Å². The Morgan fingerprint density at radius 1 is 1.15 bits per heavy atom. The number of nitrogen functional groups attached to an aromatic ring is 1. The van der Waals surface area contributed by atoms with E-state index in [1.54, 1.807) is 24.3 Å². The summed E-state index contributed by atoms with van der Waals surface area (Å²) < 4.78 is 27.0. The lowest BCUT2D eigenvalue weighted by molar-refractivity contribution is 0.594. The van der Waals surface area contributed by atoms with Crippen molar-refractivity contribution in [3.05, 3.63) is 52.0 Å². The van der Waals surface area contributed by atoms with Gasteiger partial charge in [0.2, 0.25) is 0 Å². The van der Waals surface area contributed by atoms with Crippen LogP contribution in [0, 0.1) is 0 Å². The highest BCUT2D eigenvalue weighted by molar-refractivity contribution is 9.10. The third kappa shape index (κ3) is 2.92. The zero-order valence-corrected chi connectivity index (χ0v) is 13.7. The molecule has 7 heteroatoms. The molecular formula is C13H12BrClN2O2S. The van der Waals surface area contributed by atoms with Gasteiger partial charge in [0.25, 0.3) is 10.0 Å². The molecule has 0 aliphatic carbocycles. The van der Waals surface area contributed by atoms with Crippen molar-refractivity contribution in [1.82, 2.24) is 0 Å². The molecular weight excluding hydrogens is 364 g/mol. The van der Waals surface area contributed by atoms with Crippen LogP contribution in [0.5, 0.6) is 0 Å². The van der Waals surface area contributed by atoms with Crippen molar-refractivity contribution in [1.29, 1.82) is 0 Å². The fraction of sp³-hybridized carbons (Fsp3) is 0.0769. The second-order valence-electron chi connectivity index (χ2n) is 4.13. The number of benzene rings is 2. The molecule has 0 saturated heterocycles. The summed E-state index contributed by atoms with van der Waals surface area (Å²) in [6, 6.07) is 11.1. The van der Waals surface area contributed by atoms with Gasteiger partial charge in [-0.05, 0) is 42.5 Å². The highest BCUT2D eigenvalue weighted by Gasteiger charge is 2.22. The van der Waals surface area contributed by atoms with E-state index in [0.29, 0.717) is 16.4 Å². The molecule has 0 atom stereocenters. The Kier molecular flexibility index (Phi) is 4.27. The van der Waals surface area contributed by atoms with Crippen LogP contribution in [0.15, 0.2) is 51.8 Å². The Hall–Kier alpha value is -1.24. The maximum absolute atomic E-state index is 12.5. The molecule has 0 saturated carbocycles. The van der Waals surface area contributed by atoms with Crippen LogP contribution >= 0.6 is 27.5 Å². The first-order valence-electron chi connectivity index (χ1n) is 5.62. The van der Waals surface area contributed by atoms with Crippen molar-refractivity contribution in [3.8, 4) is 0 Å². The fourth-order valence-electron chi connectivity index (χ4n) is 1.68. The summed E-state index contributed by atoms with van der Waals surface area (Å²) in [4.78, 5) is 0.183. The standard InChI is InChI=1S/C13H12BrClN2O2S/c1-17(13-8-10(15)4-7-12(13)16)20(18,19)11-5-2-9(14)3-6-11/h2-8H,16H2,1H3. The summed E-state index contributed by atoms with van der Waals surface area (Å²) >= 11 is 9.16. The van der Waals surface area contributed by atoms with Crippen LogP contribution in [0.4, 0.5) is 11.4 Å². The van der Waals surface area contributed by atoms with E-state index < -0.39 is 10.0 Å². The molecule has 0 aliphatic rings. The Bertz CT molecular complexity index is 733. The molecule has 2 aromatic rings. The molecule has 4 nitrogen and oxygen atoms in total. The molecule has 2 aromatic carbocycles. The van der Waals surface area contributed by atoms with Crippen LogP contribution in [0.1, 0.15) is 0 Å². The van der Waals surface area contributed by atoms with Crippen molar-refractivity contribution in [2.45, 2.75) is 4.90 Å². The third-order valence-corrected chi connectivity index (χ3v) is 5.35. The summed E-state index contributed by atoms with van der Waals surface area (Å²) in [6.45, 7) is 0. The van der Waals surface area contributed by atoms with E-state index >= 15 is 0 Å². The van der Waals surface area contributed by atoms with E-state index in [2.05, 4.69) is 15.9 Å². The van der Waals surface area contributed by atoms with Crippen LogP contribution in [-0.2, 0) is 10.0 Å². The Morgan fingerprint density at radius 3 is 2.35 bits per heavy atom. The molecule has 106 valence electrons. The maximum atomic E-state index is 12.5. The largest absolute Gasteiger partial charge is 0.397 e. The Balaban J connectivity index is 2.48. The van der Waals surface area contributed by atoms with Crippen molar-refractivity contribution >= 4 is 48.9 Å². The van der Waals surface area contributed by atoms with E-state index in [-0.39, 0.29) is 4.90 Å². The number of hydrogen-bond donors (Lipinski definition) is 1. The van der Waals surface area contributed by atoms with Gasteiger partial charge in [-0.3, -0.25) is 4.31 Å². The first-order chi connectivity index (χ1) is 9.32. The zero-order valence-electron chi connectivity index (χ0n) is 10.5.